The highest BCUT2D eigenvalue weighted by atomic mass is 16.5. The van der Waals surface area contributed by atoms with Gasteiger partial charge in [0.15, 0.2) is 5.89 Å². The molecular weight excluding hydrogens is 380 g/mol. The summed E-state index contributed by atoms with van der Waals surface area (Å²) < 4.78 is 11.4. The van der Waals surface area contributed by atoms with Gasteiger partial charge in [0.05, 0.1) is 35.8 Å². The zero-order valence-electron chi connectivity index (χ0n) is 17.8. The first-order valence-electron chi connectivity index (χ1n) is 10.0. The Bertz CT molecular complexity index is 1140. The van der Waals surface area contributed by atoms with Crippen molar-refractivity contribution >= 4 is 22.7 Å². The monoisotopic (exact) mass is 406 g/mol. The van der Waals surface area contributed by atoms with E-state index in [0.29, 0.717) is 24.1 Å². The van der Waals surface area contributed by atoms with E-state index in [-0.39, 0.29) is 6.10 Å². The number of hydrogen-bond donors (Lipinski definition) is 1. The summed E-state index contributed by atoms with van der Waals surface area (Å²) >= 11 is 0. The van der Waals surface area contributed by atoms with Crippen LogP contribution in [0.25, 0.3) is 16.5 Å². The van der Waals surface area contributed by atoms with E-state index in [9.17, 15) is 0 Å². The number of nitrogens with zero attached hydrogens (tertiary/aromatic N) is 5. The smallest absolute Gasteiger partial charge is 0.214 e. The quantitative estimate of drug-likeness (QED) is 0.621. The van der Waals surface area contributed by atoms with E-state index in [4.69, 9.17) is 9.15 Å². The third-order valence-corrected chi connectivity index (χ3v) is 4.90. The molecular formula is C22H26N6O2. The number of aliphatic imine (C=N–C) groups is 1. The number of pyridine rings is 1. The summed E-state index contributed by atoms with van der Waals surface area (Å²) in [6.07, 6.45) is 6.32. The van der Waals surface area contributed by atoms with Crippen molar-refractivity contribution in [3.8, 4) is 5.88 Å². The van der Waals surface area contributed by atoms with Crippen LogP contribution in [0.15, 0.2) is 40.1 Å². The van der Waals surface area contributed by atoms with Crippen molar-refractivity contribution in [2.45, 2.75) is 46.8 Å². The molecule has 1 aliphatic heterocycles. The van der Waals surface area contributed by atoms with Gasteiger partial charge in [-0.3, -0.25) is 5.10 Å². The Morgan fingerprint density at radius 1 is 1.43 bits per heavy atom. The van der Waals surface area contributed by atoms with Crippen molar-refractivity contribution in [3.63, 3.8) is 0 Å². The van der Waals surface area contributed by atoms with Gasteiger partial charge in [-0.2, -0.15) is 5.10 Å². The lowest BCUT2D eigenvalue weighted by atomic mass is 10.1. The van der Waals surface area contributed by atoms with Gasteiger partial charge in [-0.15, -0.1) is 0 Å². The second-order valence-corrected chi connectivity index (χ2v) is 7.63. The van der Waals surface area contributed by atoms with Crippen LogP contribution in [0.3, 0.4) is 0 Å². The van der Waals surface area contributed by atoms with Gasteiger partial charge in [0.1, 0.15) is 11.6 Å². The standard InChI is InChI=1S/C22H26N6O2/c1-13(2)29-21-10-17-19(11-24-21)26-27-22(17)14(3)6-8-23-15(4)28-9-7-18-20(12-28)30-16(5)25-18/h6,8,10-11,13H,4,7,9,12H2,1-3,5H3,(H,26,27)/b14-6+,23-8-. The lowest BCUT2D eigenvalue weighted by Gasteiger charge is -2.26. The Kier molecular flexibility index (Phi) is 5.39. The highest BCUT2D eigenvalue weighted by molar-refractivity contribution is 5.94. The third kappa shape index (κ3) is 4.12. The van der Waals surface area contributed by atoms with E-state index in [1.807, 2.05) is 39.8 Å². The molecule has 0 bridgehead atoms. The van der Waals surface area contributed by atoms with Crippen LogP contribution < -0.4 is 4.74 Å². The molecule has 1 aliphatic rings. The number of ether oxygens (including phenoxy) is 1. The van der Waals surface area contributed by atoms with Gasteiger partial charge in [0, 0.05) is 37.6 Å². The lowest BCUT2D eigenvalue weighted by molar-refractivity contribution is 0.233. The number of fused-ring (bicyclic) bond motifs is 2. The van der Waals surface area contributed by atoms with Gasteiger partial charge >= 0.3 is 0 Å². The van der Waals surface area contributed by atoms with Crippen molar-refractivity contribution in [2.24, 2.45) is 4.99 Å². The topological polar surface area (TPSA) is 92.4 Å². The van der Waals surface area contributed by atoms with Crippen LogP contribution >= 0.6 is 0 Å². The zero-order chi connectivity index (χ0) is 21.3. The van der Waals surface area contributed by atoms with Crippen LogP contribution in [0.1, 0.15) is 43.8 Å². The summed E-state index contributed by atoms with van der Waals surface area (Å²) in [5.41, 5.74) is 3.72. The second-order valence-electron chi connectivity index (χ2n) is 7.63. The van der Waals surface area contributed by atoms with Crippen LogP contribution in [0.2, 0.25) is 0 Å². The van der Waals surface area contributed by atoms with E-state index in [2.05, 4.69) is 36.6 Å². The van der Waals surface area contributed by atoms with Crippen LogP contribution in [-0.4, -0.2) is 43.9 Å². The van der Waals surface area contributed by atoms with Crippen molar-refractivity contribution in [2.75, 3.05) is 6.54 Å². The summed E-state index contributed by atoms with van der Waals surface area (Å²) in [7, 11) is 0. The minimum Gasteiger partial charge on any atom is -0.475 e. The summed E-state index contributed by atoms with van der Waals surface area (Å²) in [6, 6.07) is 1.91. The molecule has 0 saturated heterocycles. The van der Waals surface area contributed by atoms with Gasteiger partial charge in [-0.25, -0.2) is 15.0 Å². The number of allylic oxidation sites excluding steroid dienone is 2. The first-order valence-corrected chi connectivity index (χ1v) is 10.0. The molecule has 8 heteroatoms. The first-order chi connectivity index (χ1) is 14.4. The highest BCUT2D eigenvalue weighted by Gasteiger charge is 2.21. The lowest BCUT2D eigenvalue weighted by Crippen LogP contribution is -2.28. The molecule has 1 N–H and O–H groups in total. The molecule has 156 valence electrons. The molecule has 0 saturated carbocycles. The molecule has 0 radical (unpaired) electrons. The summed E-state index contributed by atoms with van der Waals surface area (Å²) in [6.45, 7) is 13.4. The predicted octanol–water partition coefficient (Wildman–Crippen LogP) is 4.05. The Hall–Kier alpha value is -3.42. The molecule has 0 aromatic carbocycles. The molecule has 8 nitrogen and oxygen atoms in total. The SMILES string of the molecule is C=C(/N=C\C=C(/C)c1n[nH]c2cnc(OC(C)C)cc12)N1CCc2nc(C)oc2C1. The van der Waals surface area contributed by atoms with Crippen molar-refractivity contribution in [1.82, 2.24) is 25.1 Å². The average molecular weight is 406 g/mol. The molecule has 0 aliphatic carbocycles. The van der Waals surface area contributed by atoms with Gasteiger partial charge in [-0.1, -0.05) is 6.58 Å². The maximum atomic E-state index is 5.70. The molecule has 0 unspecified atom stereocenters. The van der Waals surface area contributed by atoms with Crippen LogP contribution in [0.5, 0.6) is 5.88 Å². The summed E-state index contributed by atoms with van der Waals surface area (Å²) in [4.78, 5) is 15.3. The van der Waals surface area contributed by atoms with E-state index in [0.717, 1.165) is 46.6 Å². The third-order valence-electron chi connectivity index (χ3n) is 4.90. The molecule has 0 amide bonds. The molecule has 0 fully saturated rings. The number of H-pyrrole nitrogens is 1. The number of oxazole rings is 1. The molecule has 30 heavy (non-hydrogen) atoms. The van der Waals surface area contributed by atoms with Crippen molar-refractivity contribution in [3.05, 3.63) is 53.8 Å². The Labute approximate surface area is 175 Å². The van der Waals surface area contributed by atoms with Crippen molar-refractivity contribution < 1.29 is 9.15 Å². The number of aryl methyl sites for hydroxylation is 1. The maximum Gasteiger partial charge on any atom is 0.214 e. The minimum atomic E-state index is 0.0619. The van der Waals surface area contributed by atoms with Crippen LogP contribution in [-0.2, 0) is 13.0 Å². The van der Waals surface area contributed by atoms with E-state index < -0.39 is 0 Å². The number of rotatable bonds is 6. The minimum absolute atomic E-state index is 0.0619. The number of nitrogens with one attached hydrogen (secondary N) is 1. The predicted molar refractivity (Wildman–Crippen MR) is 116 cm³/mol. The molecule has 4 rings (SSSR count). The van der Waals surface area contributed by atoms with Gasteiger partial charge in [0.25, 0.3) is 0 Å². The van der Waals surface area contributed by atoms with Gasteiger partial charge in [0.2, 0.25) is 5.88 Å². The molecule has 3 aromatic heterocycles. The maximum absolute atomic E-state index is 5.70. The Morgan fingerprint density at radius 3 is 3.07 bits per heavy atom. The second kappa shape index (κ2) is 8.14. The fourth-order valence-corrected chi connectivity index (χ4v) is 3.44. The fourth-order valence-electron chi connectivity index (χ4n) is 3.44. The molecule has 0 spiro atoms. The van der Waals surface area contributed by atoms with E-state index >= 15 is 0 Å². The molecule has 4 heterocycles. The fraction of sp³-hybridized carbons (Fsp3) is 0.364. The average Bonchev–Trinajstić information content (AvgIpc) is 3.28. The van der Waals surface area contributed by atoms with E-state index in [1.54, 1.807) is 12.4 Å². The molecule has 3 aromatic rings. The van der Waals surface area contributed by atoms with Gasteiger partial charge in [-0.05, 0) is 32.4 Å². The first kappa shape index (κ1) is 19.9. The van der Waals surface area contributed by atoms with Crippen molar-refractivity contribution in [1.29, 1.82) is 0 Å². The van der Waals surface area contributed by atoms with E-state index in [1.165, 1.54) is 0 Å². The van der Waals surface area contributed by atoms with Gasteiger partial charge < -0.3 is 14.1 Å². The highest BCUT2D eigenvalue weighted by Crippen LogP contribution is 2.25. The normalized spacial score (nSPS) is 14.7. The Morgan fingerprint density at radius 2 is 2.27 bits per heavy atom. The summed E-state index contributed by atoms with van der Waals surface area (Å²) in [5, 5.41) is 8.41. The number of hydrogen-bond acceptors (Lipinski definition) is 7. The largest absolute Gasteiger partial charge is 0.475 e. The Balaban J connectivity index is 1.47. The molecule has 0 atom stereocenters. The van der Waals surface area contributed by atoms with Crippen LogP contribution in [0, 0.1) is 6.92 Å². The van der Waals surface area contributed by atoms with Crippen LogP contribution in [0.4, 0.5) is 0 Å². The number of aromatic nitrogens is 4. The summed E-state index contributed by atoms with van der Waals surface area (Å²) in [5.74, 6) is 2.89. The number of aromatic amines is 1. The zero-order valence-corrected chi connectivity index (χ0v) is 17.8.